The van der Waals surface area contributed by atoms with Gasteiger partial charge in [0.1, 0.15) is 0 Å². The molecule has 0 saturated heterocycles. The number of nitrogens with one attached hydrogen (secondary N) is 1. The molecule has 0 unspecified atom stereocenters. The molecule has 2 aromatic rings. The van der Waals surface area contributed by atoms with Crippen molar-refractivity contribution < 1.29 is 13.2 Å². The van der Waals surface area contributed by atoms with E-state index in [9.17, 15) is 13.2 Å². The van der Waals surface area contributed by atoms with Crippen LogP contribution in [0.15, 0.2) is 53.4 Å². The highest BCUT2D eigenvalue weighted by Crippen LogP contribution is 2.30. The molecule has 0 aliphatic heterocycles. The van der Waals surface area contributed by atoms with Gasteiger partial charge in [0.05, 0.1) is 9.92 Å². The second-order valence-electron chi connectivity index (χ2n) is 6.78. The van der Waals surface area contributed by atoms with Crippen LogP contribution in [0.2, 0.25) is 5.02 Å². The zero-order valence-corrected chi connectivity index (χ0v) is 16.2. The highest BCUT2D eigenvalue weighted by molar-refractivity contribution is 7.89. The predicted molar refractivity (Wildman–Crippen MR) is 103 cm³/mol. The quantitative estimate of drug-likeness (QED) is 0.770. The third kappa shape index (κ3) is 4.17. The third-order valence-electron chi connectivity index (χ3n) is 4.88. The smallest absolute Gasteiger partial charge is 0.240 e. The Morgan fingerprint density at radius 3 is 2.38 bits per heavy atom. The SMILES string of the molecule is Cc1ccc(S(=O)(=O)N[C@H]2CCCC[C@H]2C(=O)c2ccccc2Cl)cc1. The number of carbonyl (C=O) groups excluding carboxylic acids is 1. The summed E-state index contributed by atoms with van der Waals surface area (Å²) in [6.07, 6.45) is 3.11. The Bertz CT molecular complexity index is 894. The summed E-state index contributed by atoms with van der Waals surface area (Å²) >= 11 is 6.17. The van der Waals surface area contributed by atoms with Gasteiger partial charge in [-0.1, -0.05) is 54.3 Å². The van der Waals surface area contributed by atoms with Gasteiger partial charge < -0.3 is 0 Å². The minimum Gasteiger partial charge on any atom is -0.294 e. The van der Waals surface area contributed by atoms with Crippen molar-refractivity contribution in [1.82, 2.24) is 4.72 Å². The number of benzene rings is 2. The lowest BCUT2D eigenvalue weighted by Gasteiger charge is -2.31. The summed E-state index contributed by atoms with van der Waals surface area (Å²) in [4.78, 5) is 13.2. The number of hydrogen-bond donors (Lipinski definition) is 1. The topological polar surface area (TPSA) is 63.2 Å². The van der Waals surface area contributed by atoms with Gasteiger partial charge in [-0.2, -0.15) is 0 Å². The van der Waals surface area contributed by atoms with Gasteiger partial charge in [0.2, 0.25) is 10.0 Å². The van der Waals surface area contributed by atoms with E-state index in [0.29, 0.717) is 23.4 Å². The molecule has 6 heteroatoms. The number of aryl methyl sites for hydroxylation is 1. The molecule has 0 bridgehead atoms. The summed E-state index contributed by atoms with van der Waals surface area (Å²) in [5, 5.41) is 0.406. The van der Waals surface area contributed by atoms with Crippen molar-refractivity contribution in [2.75, 3.05) is 0 Å². The molecule has 26 heavy (non-hydrogen) atoms. The zero-order valence-electron chi connectivity index (χ0n) is 14.6. The number of carbonyl (C=O) groups is 1. The van der Waals surface area contributed by atoms with Crippen LogP contribution in [-0.4, -0.2) is 20.2 Å². The lowest BCUT2D eigenvalue weighted by Crippen LogP contribution is -2.45. The van der Waals surface area contributed by atoms with Gasteiger partial charge in [0.25, 0.3) is 0 Å². The fraction of sp³-hybridized carbons (Fsp3) is 0.350. The Morgan fingerprint density at radius 2 is 1.69 bits per heavy atom. The highest BCUT2D eigenvalue weighted by atomic mass is 35.5. The zero-order chi connectivity index (χ0) is 18.7. The standard InChI is InChI=1S/C20H22ClNO3S/c1-14-10-12-15(13-11-14)26(24,25)22-19-9-5-3-7-17(19)20(23)16-6-2-4-8-18(16)21/h2,4,6,8,10-13,17,19,22H,3,5,7,9H2,1H3/t17-,19+/m1/s1. The molecule has 138 valence electrons. The predicted octanol–water partition coefficient (Wildman–Crippen LogP) is 4.37. The summed E-state index contributed by atoms with van der Waals surface area (Å²) in [5.74, 6) is -0.490. The van der Waals surface area contributed by atoms with Crippen LogP contribution in [0.25, 0.3) is 0 Å². The van der Waals surface area contributed by atoms with E-state index in [1.165, 1.54) is 0 Å². The Kier molecular flexibility index (Phi) is 5.80. The van der Waals surface area contributed by atoms with E-state index < -0.39 is 22.0 Å². The summed E-state index contributed by atoms with van der Waals surface area (Å²) in [6.45, 7) is 1.91. The second-order valence-corrected chi connectivity index (χ2v) is 8.90. The van der Waals surface area contributed by atoms with Crippen LogP contribution in [0, 0.1) is 12.8 Å². The molecule has 0 spiro atoms. The Balaban J connectivity index is 1.84. The van der Waals surface area contributed by atoms with Crippen LogP contribution < -0.4 is 4.72 Å². The first-order valence-electron chi connectivity index (χ1n) is 8.76. The first-order valence-corrected chi connectivity index (χ1v) is 10.6. The van der Waals surface area contributed by atoms with Crippen molar-refractivity contribution in [1.29, 1.82) is 0 Å². The average molecular weight is 392 g/mol. The number of halogens is 1. The van der Waals surface area contributed by atoms with Gasteiger partial charge in [-0.15, -0.1) is 0 Å². The van der Waals surface area contributed by atoms with E-state index >= 15 is 0 Å². The molecular weight excluding hydrogens is 370 g/mol. The molecule has 2 aromatic carbocycles. The van der Waals surface area contributed by atoms with Crippen molar-refractivity contribution in [3.63, 3.8) is 0 Å². The van der Waals surface area contributed by atoms with Crippen LogP contribution >= 0.6 is 11.6 Å². The van der Waals surface area contributed by atoms with E-state index in [4.69, 9.17) is 11.6 Å². The monoisotopic (exact) mass is 391 g/mol. The normalized spacial score (nSPS) is 20.7. The first kappa shape index (κ1) is 19.1. The largest absolute Gasteiger partial charge is 0.294 e. The van der Waals surface area contributed by atoms with E-state index in [2.05, 4.69) is 4.72 Å². The molecule has 0 radical (unpaired) electrons. The Labute approximate surface area is 159 Å². The van der Waals surface area contributed by atoms with Crippen molar-refractivity contribution in [2.45, 2.75) is 43.5 Å². The fourth-order valence-electron chi connectivity index (χ4n) is 3.43. The lowest BCUT2D eigenvalue weighted by atomic mass is 9.80. The van der Waals surface area contributed by atoms with Gasteiger partial charge in [0, 0.05) is 17.5 Å². The summed E-state index contributed by atoms with van der Waals surface area (Å²) in [6, 6.07) is 13.2. The summed E-state index contributed by atoms with van der Waals surface area (Å²) < 4.78 is 28.2. The van der Waals surface area contributed by atoms with Crippen molar-refractivity contribution >= 4 is 27.4 Å². The number of ketones is 1. The van der Waals surface area contributed by atoms with Crippen molar-refractivity contribution in [3.8, 4) is 0 Å². The molecule has 0 amide bonds. The van der Waals surface area contributed by atoms with Gasteiger partial charge in [0.15, 0.2) is 5.78 Å². The van der Waals surface area contributed by atoms with E-state index in [1.54, 1.807) is 48.5 Å². The van der Waals surface area contributed by atoms with Crippen molar-refractivity contribution in [2.24, 2.45) is 5.92 Å². The molecule has 1 aliphatic carbocycles. The van der Waals surface area contributed by atoms with E-state index in [1.807, 2.05) is 6.92 Å². The Morgan fingerprint density at radius 1 is 1.04 bits per heavy atom. The van der Waals surface area contributed by atoms with E-state index in [-0.39, 0.29) is 10.7 Å². The molecule has 1 aliphatic rings. The molecule has 0 aromatic heterocycles. The number of rotatable bonds is 5. The van der Waals surface area contributed by atoms with Crippen LogP contribution in [0.3, 0.4) is 0 Å². The van der Waals surface area contributed by atoms with Crippen LogP contribution in [-0.2, 0) is 10.0 Å². The number of Topliss-reactive ketones (excluding diaryl/α,β-unsaturated/α-hetero) is 1. The van der Waals surface area contributed by atoms with Gasteiger partial charge in [-0.25, -0.2) is 13.1 Å². The van der Waals surface area contributed by atoms with Crippen LogP contribution in [0.4, 0.5) is 0 Å². The minimum absolute atomic E-state index is 0.0908. The molecule has 2 atom stereocenters. The van der Waals surface area contributed by atoms with Gasteiger partial charge >= 0.3 is 0 Å². The van der Waals surface area contributed by atoms with Gasteiger partial charge in [-0.3, -0.25) is 4.79 Å². The molecule has 1 N–H and O–H groups in total. The average Bonchev–Trinajstić information content (AvgIpc) is 2.62. The molecule has 1 fully saturated rings. The van der Waals surface area contributed by atoms with Crippen molar-refractivity contribution in [3.05, 3.63) is 64.7 Å². The third-order valence-corrected chi connectivity index (χ3v) is 6.72. The molecular formula is C20H22ClNO3S. The molecule has 3 rings (SSSR count). The Hall–Kier alpha value is -1.69. The number of hydrogen-bond acceptors (Lipinski definition) is 3. The maximum absolute atomic E-state index is 13.0. The van der Waals surface area contributed by atoms with E-state index in [0.717, 1.165) is 18.4 Å². The second kappa shape index (κ2) is 7.91. The number of sulfonamides is 1. The van der Waals surface area contributed by atoms with Gasteiger partial charge in [-0.05, 0) is 44.0 Å². The maximum atomic E-state index is 13.0. The summed E-state index contributed by atoms with van der Waals surface area (Å²) in [5.41, 5.74) is 1.45. The molecule has 0 heterocycles. The first-order chi connectivity index (χ1) is 12.4. The fourth-order valence-corrected chi connectivity index (χ4v) is 4.97. The lowest BCUT2D eigenvalue weighted by molar-refractivity contribution is 0.0864. The molecule has 4 nitrogen and oxygen atoms in total. The van der Waals surface area contributed by atoms with Crippen LogP contribution in [0.5, 0.6) is 0 Å². The minimum atomic E-state index is -3.67. The van der Waals surface area contributed by atoms with Crippen LogP contribution in [0.1, 0.15) is 41.6 Å². The summed E-state index contributed by atoms with van der Waals surface area (Å²) in [7, 11) is -3.67. The maximum Gasteiger partial charge on any atom is 0.240 e. The highest BCUT2D eigenvalue weighted by Gasteiger charge is 2.35. The molecule has 1 saturated carbocycles.